The minimum absolute atomic E-state index is 0.154. The number of carbonyl (C=O) groups excluding carboxylic acids is 1. The molecule has 1 aromatic carbocycles. The molecular formula is C12H15BrF2N2O. The highest BCUT2D eigenvalue weighted by molar-refractivity contribution is 9.10. The molecule has 3 nitrogen and oxygen atoms in total. The summed E-state index contributed by atoms with van der Waals surface area (Å²) >= 11 is 2.98. The Balaban J connectivity index is 2.51. The second-order valence-electron chi connectivity index (χ2n) is 3.80. The smallest absolute Gasteiger partial charge is 0.239 e. The van der Waals surface area contributed by atoms with Gasteiger partial charge in [0.15, 0.2) is 0 Å². The van der Waals surface area contributed by atoms with E-state index in [0.29, 0.717) is 11.0 Å². The molecule has 1 rings (SSSR count). The van der Waals surface area contributed by atoms with Crippen LogP contribution in [-0.4, -0.2) is 19.0 Å². The van der Waals surface area contributed by atoms with Gasteiger partial charge in [-0.3, -0.25) is 4.79 Å². The minimum atomic E-state index is -0.733. The average Bonchev–Trinajstić information content (AvgIpc) is 2.27. The maximum Gasteiger partial charge on any atom is 0.239 e. The fraction of sp³-hybridized carbons (Fsp3) is 0.417. The van der Waals surface area contributed by atoms with Gasteiger partial charge in [-0.05, 0) is 18.6 Å². The minimum Gasteiger partial charge on any atom is -0.371 e. The molecule has 0 aliphatic carbocycles. The summed E-state index contributed by atoms with van der Waals surface area (Å²) in [6.45, 7) is 2.43. The fourth-order valence-corrected chi connectivity index (χ4v) is 1.75. The van der Waals surface area contributed by atoms with Gasteiger partial charge in [0.2, 0.25) is 5.91 Å². The van der Waals surface area contributed by atoms with Crippen molar-refractivity contribution in [1.82, 2.24) is 5.32 Å². The number of hydrogen-bond donors (Lipinski definition) is 2. The molecule has 0 heterocycles. The van der Waals surface area contributed by atoms with Gasteiger partial charge in [0, 0.05) is 11.0 Å². The van der Waals surface area contributed by atoms with E-state index in [0.717, 1.165) is 25.0 Å². The molecule has 6 heteroatoms. The van der Waals surface area contributed by atoms with E-state index in [1.807, 2.05) is 6.92 Å². The first kappa shape index (κ1) is 14.9. The van der Waals surface area contributed by atoms with Crippen LogP contribution in [0.3, 0.4) is 0 Å². The van der Waals surface area contributed by atoms with Gasteiger partial charge in [0.25, 0.3) is 0 Å². The quantitative estimate of drug-likeness (QED) is 0.791. The first-order valence-electron chi connectivity index (χ1n) is 5.69. The number of rotatable bonds is 6. The topological polar surface area (TPSA) is 41.1 Å². The molecule has 1 amide bonds. The van der Waals surface area contributed by atoms with E-state index < -0.39 is 11.6 Å². The van der Waals surface area contributed by atoms with E-state index >= 15 is 0 Å². The first-order valence-corrected chi connectivity index (χ1v) is 6.49. The summed E-state index contributed by atoms with van der Waals surface area (Å²) in [5.74, 6) is -1.75. The van der Waals surface area contributed by atoms with Crippen molar-refractivity contribution in [1.29, 1.82) is 0 Å². The number of halogens is 3. The highest BCUT2D eigenvalue weighted by atomic mass is 79.9. The molecule has 0 spiro atoms. The Bertz CT molecular complexity index is 404. The zero-order valence-corrected chi connectivity index (χ0v) is 11.6. The summed E-state index contributed by atoms with van der Waals surface area (Å²) in [6.07, 6.45) is 1.86. The number of anilines is 1. The Hall–Kier alpha value is -1.17. The van der Waals surface area contributed by atoms with Crippen molar-refractivity contribution >= 4 is 27.5 Å². The van der Waals surface area contributed by atoms with Crippen molar-refractivity contribution in [2.24, 2.45) is 0 Å². The number of benzene rings is 1. The summed E-state index contributed by atoms with van der Waals surface area (Å²) in [5, 5.41) is 5.10. The van der Waals surface area contributed by atoms with Gasteiger partial charge in [-0.25, -0.2) is 8.78 Å². The third-order valence-electron chi connectivity index (χ3n) is 2.29. The number of nitrogens with one attached hydrogen (secondary N) is 2. The number of hydrogen-bond acceptors (Lipinski definition) is 2. The zero-order valence-electron chi connectivity index (χ0n) is 10.0. The van der Waals surface area contributed by atoms with Crippen molar-refractivity contribution < 1.29 is 13.6 Å². The van der Waals surface area contributed by atoms with Crippen LogP contribution in [0, 0.1) is 11.6 Å². The zero-order chi connectivity index (χ0) is 13.5. The highest BCUT2D eigenvalue weighted by Gasteiger charge is 2.11. The Labute approximate surface area is 113 Å². The average molecular weight is 321 g/mol. The standard InChI is InChI=1S/C12H15BrF2N2O/c1-2-3-4-16-11(18)7-17-12-9(14)5-8(13)6-10(12)15/h5-6,17H,2-4,7H2,1H3,(H,16,18). The lowest BCUT2D eigenvalue weighted by Gasteiger charge is -2.09. The SMILES string of the molecule is CCCCNC(=O)CNc1c(F)cc(Br)cc1F. The number of carbonyl (C=O) groups is 1. The van der Waals surface area contributed by atoms with Gasteiger partial charge in [0.05, 0.1) is 6.54 Å². The maximum absolute atomic E-state index is 13.4. The van der Waals surface area contributed by atoms with Crippen LogP contribution in [-0.2, 0) is 4.79 Å². The van der Waals surface area contributed by atoms with Crippen LogP contribution in [0.15, 0.2) is 16.6 Å². The predicted molar refractivity (Wildman–Crippen MR) is 70.5 cm³/mol. The highest BCUT2D eigenvalue weighted by Crippen LogP contribution is 2.23. The predicted octanol–water partition coefficient (Wildman–Crippen LogP) is 3.06. The van der Waals surface area contributed by atoms with Crippen LogP contribution >= 0.6 is 15.9 Å². The molecular weight excluding hydrogens is 306 g/mol. The normalized spacial score (nSPS) is 10.2. The summed E-state index contributed by atoms with van der Waals surface area (Å²) in [6, 6.07) is 2.28. The van der Waals surface area contributed by atoms with Crippen LogP contribution in [0.5, 0.6) is 0 Å². The molecule has 0 aliphatic rings. The van der Waals surface area contributed by atoms with E-state index in [4.69, 9.17) is 0 Å². The van der Waals surface area contributed by atoms with E-state index in [2.05, 4.69) is 26.6 Å². The van der Waals surface area contributed by atoms with Gasteiger partial charge in [0.1, 0.15) is 17.3 Å². The molecule has 0 atom stereocenters. The molecule has 0 bridgehead atoms. The van der Waals surface area contributed by atoms with Gasteiger partial charge in [-0.1, -0.05) is 29.3 Å². The van der Waals surface area contributed by atoms with Crippen molar-refractivity contribution in [3.63, 3.8) is 0 Å². The van der Waals surface area contributed by atoms with E-state index in [-0.39, 0.29) is 18.1 Å². The van der Waals surface area contributed by atoms with Gasteiger partial charge >= 0.3 is 0 Å². The molecule has 100 valence electrons. The van der Waals surface area contributed by atoms with Crippen LogP contribution in [0.1, 0.15) is 19.8 Å². The van der Waals surface area contributed by atoms with Crippen LogP contribution < -0.4 is 10.6 Å². The van der Waals surface area contributed by atoms with Crippen molar-refractivity contribution in [2.45, 2.75) is 19.8 Å². The molecule has 0 unspecified atom stereocenters. The molecule has 0 aliphatic heterocycles. The lowest BCUT2D eigenvalue weighted by atomic mass is 10.3. The van der Waals surface area contributed by atoms with E-state index in [1.54, 1.807) is 0 Å². The molecule has 1 aromatic rings. The summed E-state index contributed by atoms with van der Waals surface area (Å²) in [4.78, 5) is 11.4. The maximum atomic E-state index is 13.4. The number of amides is 1. The summed E-state index contributed by atoms with van der Waals surface area (Å²) in [7, 11) is 0. The molecule has 0 aromatic heterocycles. The third-order valence-corrected chi connectivity index (χ3v) is 2.74. The third kappa shape index (κ3) is 4.60. The molecule has 0 saturated heterocycles. The first-order chi connectivity index (χ1) is 8.54. The molecule has 0 radical (unpaired) electrons. The number of unbranched alkanes of at least 4 members (excludes halogenated alkanes) is 1. The lowest BCUT2D eigenvalue weighted by molar-refractivity contribution is -0.119. The van der Waals surface area contributed by atoms with Crippen molar-refractivity contribution in [3.8, 4) is 0 Å². The Morgan fingerprint density at radius 3 is 2.50 bits per heavy atom. The second kappa shape index (κ2) is 7.31. The van der Waals surface area contributed by atoms with E-state index in [1.165, 1.54) is 0 Å². The van der Waals surface area contributed by atoms with Gasteiger partial charge in [-0.2, -0.15) is 0 Å². The molecule has 0 fully saturated rings. The summed E-state index contributed by atoms with van der Waals surface area (Å²) in [5.41, 5.74) is -0.288. The largest absolute Gasteiger partial charge is 0.371 e. The second-order valence-corrected chi connectivity index (χ2v) is 4.72. The van der Waals surface area contributed by atoms with Crippen LogP contribution in [0.4, 0.5) is 14.5 Å². The van der Waals surface area contributed by atoms with Crippen LogP contribution in [0.2, 0.25) is 0 Å². The fourth-order valence-electron chi connectivity index (χ4n) is 1.35. The lowest BCUT2D eigenvalue weighted by Crippen LogP contribution is -2.30. The molecule has 0 saturated carbocycles. The van der Waals surface area contributed by atoms with Gasteiger partial charge < -0.3 is 10.6 Å². The van der Waals surface area contributed by atoms with Gasteiger partial charge in [-0.15, -0.1) is 0 Å². The van der Waals surface area contributed by atoms with Crippen molar-refractivity contribution in [2.75, 3.05) is 18.4 Å². The Morgan fingerprint density at radius 2 is 1.94 bits per heavy atom. The Kier molecular flexibility index (Phi) is 6.04. The Morgan fingerprint density at radius 1 is 1.33 bits per heavy atom. The molecule has 2 N–H and O–H groups in total. The van der Waals surface area contributed by atoms with Crippen LogP contribution in [0.25, 0.3) is 0 Å². The van der Waals surface area contributed by atoms with E-state index in [9.17, 15) is 13.6 Å². The summed E-state index contributed by atoms with van der Waals surface area (Å²) < 4.78 is 27.1. The van der Waals surface area contributed by atoms with Crippen molar-refractivity contribution in [3.05, 3.63) is 28.2 Å². The molecule has 18 heavy (non-hydrogen) atoms. The monoisotopic (exact) mass is 320 g/mol.